The smallest absolute Gasteiger partial charge is 0.0723 e. The van der Waals surface area contributed by atoms with E-state index in [9.17, 15) is 0 Å². The van der Waals surface area contributed by atoms with E-state index in [4.69, 9.17) is 0 Å². The van der Waals surface area contributed by atoms with Crippen LogP contribution in [0.5, 0.6) is 0 Å². The normalized spacial score (nSPS) is 17.7. The van der Waals surface area contributed by atoms with E-state index < -0.39 is 0 Å². The first kappa shape index (κ1) is 17.9. The van der Waals surface area contributed by atoms with Gasteiger partial charge in [-0.2, -0.15) is 18.4 Å². The van der Waals surface area contributed by atoms with Crippen LogP contribution in [0.4, 0.5) is 0 Å². The number of hydrazone groups is 1. The van der Waals surface area contributed by atoms with Crippen LogP contribution in [-0.4, -0.2) is 5.71 Å². The fourth-order valence-electron chi connectivity index (χ4n) is 2.63. The molecule has 0 spiro atoms. The molecule has 2 aliphatic rings. The second-order valence-electron chi connectivity index (χ2n) is 5.08. The molecule has 2 nitrogen and oxygen atoms in total. The molecule has 0 atom stereocenters. The summed E-state index contributed by atoms with van der Waals surface area (Å²) >= 11 is 0. The molecule has 1 aliphatic heterocycles. The summed E-state index contributed by atoms with van der Waals surface area (Å²) in [4.78, 5) is 0. The van der Waals surface area contributed by atoms with Crippen molar-refractivity contribution >= 4 is 5.71 Å². The number of allylic oxidation sites excluding steroid dienone is 3. The number of nitrogens with one attached hydrogen (secondary N) is 1. The molecule has 1 N–H and O–H groups in total. The van der Waals surface area contributed by atoms with Gasteiger partial charge in [0.25, 0.3) is 0 Å². The molecule has 1 aromatic rings. The van der Waals surface area contributed by atoms with Crippen LogP contribution in [0, 0.1) is 5.92 Å². The molecular weight excluding hydrogens is 428 g/mol. The number of hydrogen-bond donors (Lipinski definition) is 1. The van der Waals surface area contributed by atoms with Crippen molar-refractivity contribution in [3.8, 4) is 0 Å². The Morgan fingerprint density at radius 1 is 1.14 bits per heavy atom. The van der Waals surface area contributed by atoms with Gasteiger partial charge in [-0.3, -0.25) is 5.43 Å². The van der Waals surface area contributed by atoms with E-state index in [1.165, 1.54) is 28.3 Å². The predicted molar refractivity (Wildman–Crippen MR) is 86.4 cm³/mol. The molecule has 0 saturated carbocycles. The fourth-order valence-corrected chi connectivity index (χ4v) is 2.63. The quantitative estimate of drug-likeness (QED) is 0.621. The molecule has 1 aromatic carbocycles. The predicted octanol–water partition coefficient (Wildman–Crippen LogP) is 4.61. The van der Waals surface area contributed by atoms with Crippen molar-refractivity contribution in [2.75, 3.05) is 0 Å². The van der Waals surface area contributed by atoms with Crippen molar-refractivity contribution in [1.29, 1.82) is 0 Å². The van der Waals surface area contributed by atoms with Gasteiger partial charge in [-0.25, -0.2) is 0 Å². The van der Waals surface area contributed by atoms with Crippen molar-refractivity contribution in [2.45, 2.75) is 40.0 Å². The molecule has 112 valence electrons. The van der Waals surface area contributed by atoms with Crippen LogP contribution in [0.2, 0.25) is 0 Å². The Kier molecular flexibility index (Phi) is 7.11. The number of hydrogen-bond acceptors (Lipinski definition) is 2. The van der Waals surface area contributed by atoms with Gasteiger partial charge in [0.1, 0.15) is 0 Å². The molecule has 21 heavy (non-hydrogen) atoms. The maximum absolute atomic E-state index is 4.51. The molecule has 0 saturated heterocycles. The Labute approximate surface area is 142 Å². The van der Waals surface area contributed by atoms with E-state index in [0.717, 1.165) is 25.0 Å². The molecule has 0 aromatic heterocycles. The number of nitrogens with zero attached hydrogens (tertiary/aromatic N) is 1. The van der Waals surface area contributed by atoms with Crippen molar-refractivity contribution in [2.24, 2.45) is 5.10 Å². The minimum atomic E-state index is 0. The van der Waals surface area contributed by atoms with Crippen LogP contribution in [0.1, 0.15) is 45.6 Å². The summed E-state index contributed by atoms with van der Waals surface area (Å²) in [6.45, 7) is 10.4. The molecule has 0 amide bonds. The van der Waals surface area contributed by atoms with E-state index in [2.05, 4.69) is 48.3 Å². The molecule has 0 unspecified atom stereocenters. The Balaban J connectivity index is 0.000000706. The van der Waals surface area contributed by atoms with E-state index in [1.807, 2.05) is 19.9 Å². The van der Waals surface area contributed by atoms with Gasteiger partial charge in [-0.1, -0.05) is 56.3 Å². The molecule has 1 aliphatic carbocycles. The van der Waals surface area contributed by atoms with Crippen molar-refractivity contribution in [1.82, 2.24) is 5.43 Å². The summed E-state index contributed by atoms with van der Waals surface area (Å²) in [5, 5.41) is 4.51. The van der Waals surface area contributed by atoms with Gasteiger partial charge in [0.05, 0.1) is 5.71 Å². The van der Waals surface area contributed by atoms with Gasteiger partial charge in [-0.15, -0.1) is 6.42 Å². The second kappa shape index (κ2) is 8.34. The van der Waals surface area contributed by atoms with E-state index >= 15 is 0 Å². The molecule has 3 heteroatoms. The Morgan fingerprint density at radius 3 is 2.48 bits per heavy atom. The summed E-state index contributed by atoms with van der Waals surface area (Å²) in [5.41, 5.74) is 9.35. The number of rotatable bonds is 1. The standard InChI is InChI=1S/C16H17N2.C2H6.W/c1-11-8-12(2)14-10-15(17-18-16(14)9-11)13-6-4-3-5-7-13;1-2;/h3-7,18H,2,8-10H2,1H3;1-2H3;/q-1;;. The third-order valence-electron chi connectivity index (χ3n) is 3.56. The summed E-state index contributed by atoms with van der Waals surface area (Å²) in [6.07, 6.45) is 2.95. The first-order valence-corrected chi connectivity index (χ1v) is 7.33. The minimum absolute atomic E-state index is 0. The molecular formula is C18H23N2W-. The van der Waals surface area contributed by atoms with Crippen LogP contribution < -0.4 is 5.43 Å². The number of benzene rings is 1. The fraction of sp³-hybridized carbons (Fsp3) is 0.333. The zero-order chi connectivity index (χ0) is 14.5. The summed E-state index contributed by atoms with van der Waals surface area (Å²) < 4.78 is 0. The van der Waals surface area contributed by atoms with Gasteiger partial charge in [-0.05, 0) is 11.1 Å². The zero-order valence-corrected chi connectivity index (χ0v) is 16.0. The van der Waals surface area contributed by atoms with Gasteiger partial charge in [0.15, 0.2) is 0 Å². The average molecular weight is 451 g/mol. The van der Waals surface area contributed by atoms with Crippen molar-refractivity contribution < 1.29 is 21.1 Å². The summed E-state index contributed by atoms with van der Waals surface area (Å²) in [6, 6.07) is 10.3. The van der Waals surface area contributed by atoms with E-state index in [1.54, 1.807) is 0 Å². The molecule has 0 bridgehead atoms. The van der Waals surface area contributed by atoms with Crippen LogP contribution >= 0.6 is 0 Å². The van der Waals surface area contributed by atoms with Gasteiger partial charge in [0, 0.05) is 33.2 Å². The Hall–Kier alpha value is -1.14. The average Bonchev–Trinajstić information content (AvgIpc) is 2.50. The van der Waals surface area contributed by atoms with Gasteiger partial charge >= 0.3 is 0 Å². The SMILES string of the molecule is C=C1C[C-](C)CC2=C1CC(c1ccccc1)=NN2.CC.[W]. The largest absolute Gasteiger partial charge is 0.307 e. The molecule has 3 rings (SSSR count). The minimum Gasteiger partial charge on any atom is -0.307 e. The summed E-state index contributed by atoms with van der Waals surface area (Å²) in [5.74, 6) is 1.46. The van der Waals surface area contributed by atoms with E-state index in [-0.39, 0.29) is 21.1 Å². The Bertz CT molecular complexity index is 544. The molecule has 1 heterocycles. The van der Waals surface area contributed by atoms with Crippen LogP contribution in [0.25, 0.3) is 0 Å². The van der Waals surface area contributed by atoms with Crippen molar-refractivity contribution in [3.63, 3.8) is 0 Å². The summed E-state index contributed by atoms with van der Waals surface area (Å²) in [7, 11) is 0. The van der Waals surface area contributed by atoms with E-state index in [0.29, 0.717) is 0 Å². The second-order valence-corrected chi connectivity index (χ2v) is 5.08. The first-order chi connectivity index (χ1) is 9.74. The Morgan fingerprint density at radius 2 is 1.81 bits per heavy atom. The zero-order valence-electron chi connectivity index (χ0n) is 13.1. The van der Waals surface area contributed by atoms with Gasteiger partial charge < -0.3 is 5.92 Å². The van der Waals surface area contributed by atoms with Crippen LogP contribution in [0.3, 0.4) is 0 Å². The molecule has 0 radical (unpaired) electrons. The third-order valence-corrected chi connectivity index (χ3v) is 3.56. The molecule has 0 fully saturated rings. The maximum atomic E-state index is 4.51. The van der Waals surface area contributed by atoms with Gasteiger partial charge in [0.2, 0.25) is 0 Å². The van der Waals surface area contributed by atoms with Crippen LogP contribution in [0.15, 0.2) is 58.9 Å². The maximum Gasteiger partial charge on any atom is 0.0723 e. The topological polar surface area (TPSA) is 24.4 Å². The third kappa shape index (κ3) is 4.17. The van der Waals surface area contributed by atoms with Crippen molar-refractivity contribution in [3.05, 3.63) is 65.2 Å². The van der Waals surface area contributed by atoms with Crippen LogP contribution in [-0.2, 0) is 21.1 Å². The first-order valence-electron chi connectivity index (χ1n) is 7.33. The monoisotopic (exact) mass is 451 g/mol.